The molecule has 2 rings (SSSR count). The average molecular weight is 265 g/mol. The summed E-state index contributed by atoms with van der Waals surface area (Å²) in [5.74, 6) is -0.208. The van der Waals surface area contributed by atoms with Gasteiger partial charge < -0.3 is 10.0 Å². The summed E-state index contributed by atoms with van der Waals surface area (Å²) in [4.78, 5) is 2.45. The normalized spacial score (nSPS) is 22.4. The summed E-state index contributed by atoms with van der Waals surface area (Å²) >= 11 is 0. The van der Waals surface area contributed by atoms with Crippen molar-refractivity contribution >= 4 is 0 Å². The molecule has 2 nitrogen and oxygen atoms in total. The number of piperidine rings is 1. The SMILES string of the molecule is Cc1cc(C(O)CCN2CCCCC2C)ccc1F. The fourth-order valence-corrected chi connectivity index (χ4v) is 2.82. The highest BCUT2D eigenvalue weighted by atomic mass is 19.1. The molecule has 1 aliphatic heterocycles. The molecule has 1 aromatic rings. The zero-order valence-electron chi connectivity index (χ0n) is 11.9. The molecule has 1 heterocycles. The summed E-state index contributed by atoms with van der Waals surface area (Å²) in [5.41, 5.74) is 1.42. The van der Waals surface area contributed by atoms with E-state index in [9.17, 15) is 9.50 Å². The molecule has 0 aliphatic carbocycles. The van der Waals surface area contributed by atoms with Crippen LogP contribution in [0.4, 0.5) is 4.39 Å². The van der Waals surface area contributed by atoms with Gasteiger partial charge in [0, 0.05) is 12.6 Å². The topological polar surface area (TPSA) is 23.5 Å². The molecule has 1 saturated heterocycles. The molecule has 0 radical (unpaired) electrons. The number of aliphatic hydroxyl groups excluding tert-OH is 1. The largest absolute Gasteiger partial charge is 0.388 e. The van der Waals surface area contributed by atoms with E-state index in [1.807, 2.05) is 0 Å². The van der Waals surface area contributed by atoms with Crippen molar-refractivity contribution in [2.45, 2.75) is 51.7 Å². The van der Waals surface area contributed by atoms with E-state index in [1.54, 1.807) is 19.1 Å². The minimum Gasteiger partial charge on any atom is -0.388 e. The van der Waals surface area contributed by atoms with E-state index < -0.39 is 6.10 Å². The van der Waals surface area contributed by atoms with Gasteiger partial charge in [-0.15, -0.1) is 0 Å². The van der Waals surface area contributed by atoms with Gasteiger partial charge in [-0.2, -0.15) is 0 Å². The van der Waals surface area contributed by atoms with Gasteiger partial charge in [-0.3, -0.25) is 0 Å². The predicted molar refractivity (Wildman–Crippen MR) is 75.6 cm³/mol. The lowest BCUT2D eigenvalue weighted by molar-refractivity contribution is 0.109. The fraction of sp³-hybridized carbons (Fsp3) is 0.625. The van der Waals surface area contributed by atoms with Gasteiger partial charge in [-0.05, 0) is 56.8 Å². The molecule has 1 N–H and O–H groups in total. The lowest BCUT2D eigenvalue weighted by atomic mass is 10.0. The number of aliphatic hydroxyl groups is 1. The second-order valence-electron chi connectivity index (χ2n) is 5.69. The Balaban J connectivity index is 1.89. The van der Waals surface area contributed by atoms with E-state index in [0.29, 0.717) is 11.6 Å². The number of hydrogen-bond acceptors (Lipinski definition) is 2. The zero-order chi connectivity index (χ0) is 13.8. The van der Waals surface area contributed by atoms with Gasteiger partial charge in [0.25, 0.3) is 0 Å². The Bertz CT molecular complexity index is 421. The van der Waals surface area contributed by atoms with Gasteiger partial charge >= 0.3 is 0 Å². The third kappa shape index (κ3) is 3.77. The van der Waals surface area contributed by atoms with E-state index in [1.165, 1.54) is 25.3 Å². The van der Waals surface area contributed by atoms with E-state index in [0.717, 1.165) is 25.1 Å². The van der Waals surface area contributed by atoms with Crippen molar-refractivity contribution in [1.82, 2.24) is 4.90 Å². The Morgan fingerprint density at radius 3 is 2.89 bits per heavy atom. The zero-order valence-corrected chi connectivity index (χ0v) is 11.9. The number of hydrogen-bond donors (Lipinski definition) is 1. The maximum atomic E-state index is 13.2. The molecule has 0 saturated carbocycles. The van der Waals surface area contributed by atoms with Crippen molar-refractivity contribution in [2.24, 2.45) is 0 Å². The highest BCUT2D eigenvalue weighted by Gasteiger charge is 2.19. The first kappa shape index (κ1) is 14.5. The molecule has 2 atom stereocenters. The van der Waals surface area contributed by atoms with Crippen LogP contribution < -0.4 is 0 Å². The molecule has 0 aromatic heterocycles. The van der Waals surface area contributed by atoms with Crippen LogP contribution in [-0.4, -0.2) is 29.1 Å². The fourth-order valence-electron chi connectivity index (χ4n) is 2.82. The van der Waals surface area contributed by atoms with Crippen LogP contribution in [0.3, 0.4) is 0 Å². The van der Waals surface area contributed by atoms with Gasteiger partial charge in [0.1, 0.15) is 5.82 Å². The third-order valence-electron chi connectivity index (χ3n) is 4.20. The summed E-state index contributed by atoms with van der Waals surface area (Å²) in [6, 6.07) is 5.50. The van der Waals surface area contributed by atoms with Crippen molar-refractivity contribution in [3.8, 4) is 0 Å². The molecule has 1 fully saturated rings. The minimum absolute atomic E-state index is 0.208. The number of aryl methyl sites for hydroxylation is 1. The molecule has 0 bridgehead atoms. The summed E-state index contributed by atoms with van der Waals surface area (Å²) in [7, 11) is 0. The van der Waals surface area contributed by atoms with Crippen molar-refractivity contribution in [3.05, 3.63) is 35.1 Å². The van der Waals surface area contributed by atoms with Crippen LogP contribution in [0.5, 0.6) is 0 Å². The van der Waals surface area contributed by atoms with Crippen LogP contribution in [0.25, 0.3) is 0 Å². The lowest BCUT2D eigenvalue weighted by Crippen LogP contribution is -2.38. The average Bonchev–Trinajstić information content (AvgIpc) is 2.40. The molecule has 0 amide bonds. The molecule has 1 aromatic carbocycles. The maximum Gasteiger partial charge on any atom is 0.126 e. The summed E-state index contributed by atoms with van der Waals surface area (Å²) in [6.45, 7) is 6.04. The van der Waals surface area contributed by atoms with Crippen LogP contribution in [0, 0.1) is 12.7 Å². The van der Waals surface area contributed by atoms with Crippen LogP contribution in [0.15, 0.2) is 18.2 Å². The molecule has 3 heteroatoms. The monoisotopic (exact) mass is 265 g/mol. The summed E-state index contributed by atoms with van der Waals surface area (Å²) in [6.07, 6.45) is 4.06. The molecule has 0 spiro atoms. The van der Waals surface area contributed by atoms with Gasteiger partial charge in [0.2, 0.25) is 0 Å². The molecular formula is C16H24FNO. The van der Waals surface area contributed by atoms with Crippen LogP contribution in [0.2, 0.25) is 0 Å². The smallest absolute Gasteiger partial charge is 0.126 e. The van der Waals surface area contributed by atoms with Crippen LogP contribution >= 0.6 is 0 Å². The van der Waals surface area contributed by atoms with E-state index >= 15 is 0 Å². The van der Waals surface area contributed by atoms with Crippen LogP contribution in [0.1, 0.15) is 49.8 Å². The highest BCUT2D eigenvalue weighted by molar-refractivity contribution is 5.25. The third-order valence-corrected chi connectivity index (χ3v) is 4.20. The minimum atomic E-state index is -0.492. The molecule has 19 heavy (non-hydrogen) atoms. The predicted octanol–water partition coefficient (Wildman–Crippen LogP) is 3.43. The first-order valence-corrected chi connectivity index (χ1v) is 7.26. The van der Waals surface area contributed by atoms with Gasteiger partial charge in [0.05, 0.1) is 6.10 Å². The second kappa shape index (κ2) is 6.49. The second-order valence-corrected chi connectivity index (χ2v) is 5.69. The Morgan fingerprint density at radius 2 is 2.21 bits per heavy atom. The van der Waals surface area contributed by atoms with E-state index in [4.69, 9.17) is 0 Å². The summed E-state index contributed by atoms with van der Waals surface area (Å²) < 4.78 is 13.2. The molecule has 106 valence electrons. The lowest BCUT2D eigenvalue weighted by Gasteiger charge is -2.33. The highest BCUT2D eigenvalue weighted by Crippen LogP contribution is 2.22. The number of rotatable bonds is 4. The van der Waals surface area contributed by atoms with Crippen molar-refractivity contribution in [2.75, 3.05) is 13.1 Å². The van der Waals surface area contributed by atoms with Gasteiger partial charge in [0.15, 0.2) is 0 Å². The van der Waals surface area contributed by atoms with Crippen molar-refractivity contribution in [3.63, 3.8) is 0 Å². The number of nitrogens with zero attached hydrogens (tertiary/aromatic N) is 1. The molecule has 1 aliphatic rings. The van der Waals surface area contributed by atoms with Crippen molar-refractivity contribution < 1.29 is 9.50 Å². The first-order valence-electron chi connectivity index (χ1n) is 7.26. The quantitative estimate of drug-likeness (QED) is 0.901. The first-order chi connectivity index (χ1) is 9.08. The van der Waals surface area contributed by atoms with Gasteiger partial charge in [-0.1, -0.05) is 18.6 Å². The number of halogens is 1. The Kier molecular flexibility index (Phi) is 4.94. The van der Waals surface area contributed by atoms with Crippen molar-refractivity contribution in [1.29, 1.82) is 0 Å². The Morgan fingerprint density at radius 1 is 1.42 bits per heavy atom. The Labute approximate surface area is 115 Å². The molecule has 2 unspecified atom stereocenters. The molecular weight excluding hydrogens is 241 g/mol. The van der Waals surface area contributed by atoms with E-state index in [-0.39, 0.29) is 5.82 Å². The van der Waals surface area contributed by atoms with Crippen LogP contribution in [-0.2, 0) is 0 Å². The Hall–Kier alpha value is -0.930. The number of likely N-dealkylation sites (tertiary alicyclic amines) is 1. The van der Waals surface area contributed by atoms with Gasteiger partial charge in [-0.25, -0.2) is 4.39 Å². The van der Waals surface area contributed by atoms with E-state index in [2.05, 4.69) is 11.8 Å². The summed E-state index contributed by atoms with van der Waals surface area (Å²) in [5, 5.41) is 10.2. The standard InChI is InChI=1S/C16H24FNO/c1-12-11-14(6-7-15(12)17)16(19)8-10-18-9-4-3-5-13(18)2/h6-7,11,13,16,19H,3-5,8-10H2,1-2H3. The number of benzene rings is 1. The maximum absolute atomic E-state index is 13.2.